The van der Waals surface area contributed by atoms with Crippen molar-refractivity contribution in [3.8, 4) is 6.07 Å². The summed E-state index contributed by atoms with van der Waals surface area (Å²) in [5.74, 6) is 0. The second-order valence-electron chi connectivity index (χ2n) is 5.18. The first kappa shape index (κ1) is 14.7. The summed E-state index contributed by atoms with van der Waals surface area (Å²) in [4.78, 5) is 12.2. The van der Waals surface area contributed by atoms with Gasteiger partial charge in [-0.05, 0) is 50.5 Å². The Kier molecular flexibility index (Phi) is 4.04. The first-order valence-electron chi connectivity index (χ1n) is 6.69. The Morgan fingerprint density at radius 3 is 2.48 bits per heavy atom. The van der Waals surface area contributed by atoms with Crippen LogP contribution in [0.1, 0.15) is 33.5 Å². The molecule has 0 bridgehead atoms. The van der Waals surface area contributed by atoms with Crippen LogP contribution in [0, 0.1) is 39.0 Å². The molecule has 0 unspecified atom stereocenters. The number of aryl methyl sites for hydroxylation is 4. The van der Waals surface area contributed by atoms with Crippen LogP contribution in [0.4, 0.5) is 0 Å². The summed E-state index contributed by atoms with van der Waals surface area (Å²) in [6, 6.07) is 9.76. The van der Waals surface area contributed by atoms with Gasteiger partial charge in [0.2, 0.25) is 0 Å². The molecule has 1 heterocycles. The molecule has 21 heavy (non-hydrogen) atoms. The molecule has 0 N–H and O–H groups in total. The van der Waals surface area contributed by atoms with Gasteiger partial charge in [0.05, 0.1) is 6.21 Å². The molecule has 2 rings (SSSR count). The highest BCUT2D eigenvalue weighted by Gasteiger charge is 2.09. The van der Waals surface area contributed by atoms with Gasteiger partial charge in [0.1, 0.15) is 11.6 Å². The molecule has 0 spiro atoms. The Bertz CT molecular complexity index is 823. The van der Waals surface area contributed by atoms with Gasteiger partial charge in [-0.1, -0.05) is 23.8 Å². The van der Waals surface area contributed by atoms with Gasteiger partial charge in [-0.25, -0.2) is 4.68 Å². The minimum absolute atomic E-state index is 0.137. The Morgan fingerprint density at radius 2 is 1.86 bits per heavy atom. The van der Waals surface area contributed by atoms with Crippen molar-refractivity contribution in [3.05, 3.63) is 68.1 Å². The summed E-state index contributed by atoms with van der Waals surface area (Å²) in [6.45, 7) is 7.58. The number of benzene rings is 1. The molecule has 0 saturated heterocycles. The molecule has 0 fully saturated rings. The van der Waals surface area contributed by atoms with Crippen LogP contribution in [0.15, 0.2) is 34.2 Å². The molecule has 0 saturated carbocycles. The van der Waals surface area contributed by atoms with E-state index in [4.69, 9.17) is 5.26 Å². The SMILES string of the molecule is Cc1ccc(/C=N\n2c(C)cc(C)c(C#N)c2=O)c(C)c1. The van der Waals surface area contributed by atoms with Gasteiger partial charge in [0, 0.05) is 5.69 Å². The van der Waals surface area contributed by atoms with Crippen molar-refractivity contribution in [2.75, 3.05) is 0 Å². The number of hydrogen-bond acceptors (Lipinski definition) is 3. The average molecular weight is 279 g/mol. The van der Waals surface area contributed by atoms with Crippen molar-refractivity contribution in [3.63, 3.8) is 0 Å². The van der Waals surface area contributed by atoms with Gasteiger partial charge in [0.15, 0.2) is 0 Å². The maximum absolute atomic E-state index is 12.2. The Morgan fingerprint density at radius 1 is 1.14 bits per heavy atom. The van der Waals surface area contributed by atoms with E-state index in [1.165, 1.54) is 10.2 Å². The Hall–Kier alpha value is -2.67. The average Bonchev–Trinajstić information content (AvgIpc) is 2.40. The molecule has 0 aliphatic carbocycles. The molecular weight excluding hydrogens is 262 g/mol. The van der Waals surface area contributed by atoms with Gasteiger partial charge in [-0.15, -0.1) is 0 Å². The van der Waals surface area contributed by atoms with Crippen molar-refractivity contribution >= 4 is 6.21 Å². The summed E-state index contributed by atoms with van der Waals surface area (Å²) < 4.78 is 1.27. The molecule has 4 heteroatoms. The van der Waals surface area contributed by atoms with Crippen LogP contribution in [0.25, 0.3) is 0 Å². The van der Waals surface area contributed by atoms with E-state index in [9.17, 15) is 4.79 Å². The summed E-state index contributed by atoms with van der Waals surface area (Å²) in [6.07, 6.45) is 1.65. The van der Waals surface area contributed by atoms with Crippen LogP contribution < -0.4 is 5.56 Å². The van der Waals surface area contributed by atoms with E-state index in [0.29, 0.717) is 11.3 Å². The van der Waals surface area contributed by atoms with Gasteiger partial charge in [0.25, 0.3) is 5.56 Å². The predicted molar refractivity (Wildman–Crippen MR) is 83.8 cm³/mol. The van der Waals surface area contributed by atoms with Crippen molar-refractivity contribution < 1.29 is 0 Å². The maximum Gasteiger partial charge on any atom is 0.289 e. The highest BCUT2D eigenvalue weighted by Crippen LogP contribution is 2.09. The second kappa shape index (κ2) is 5.76. The summed E-state index contributed by atoms with van der Waals surface area (Å²) in [7, 11) is 0. The van der Waals surface area contributed by atoms with Crippen LogP contribution in [-0.2, 0) is 0 Å². The normalized spacial score (nSPS) is 10.8. The van der Waals surface area contributed by atoms with Gasteiger partial charge < -0.3 is 0 Å². The molecule has 0 aliphatic rings. The molecule has 2 aromatic rings. The lowest BCUT2D eigenvalue weighted by atomic mass is 10.1. The number of pyridine rings is 1. The van der Waals surface area contributed by atoms with E-state index in [2.05, 4.69) is 11.2 Å². The topological polar surface area (TPSA) is 58.1 Å². The monoisotopic (exact) mass is 279 g/mol. The predicted octanol–water partition coefficient (Wildman–Crippen LogP) is 2.84. The smallest absolute Gasteiger partial charge is 0.266 e. The number of rotatable bonds is 2. The lowest BCUT2D eigenvalue weighted by molar-refractivity contribution is 0.786. The van der Waals surface area contributed by atoms with Gasteiger partial charge in [-0.3, -0.25) is 4.79 Å². The largest absolute Gasteiger partial charge is 0.289 e. The van der Waals surface area contributed by atoms with E-state index < -0.39 is 0 Å². The van der Waals surface area contributed by atoms with E-state index >= 15 is 0 Å². The molecule has 1 aromatic heterocycles. The third-order valence-electron chi connectivity index (χ3n) is 3.41. The van der Waals surface area contributed by atoms with Crippen LogP contribution in [0.3, 0.4) is 0 Å². The lowest BCUT2D eigenvalue weighted by Gasteiger charge is -2.07. The van der Waals surface area contributed by atoms with Crippen molar-refractivity contribution in [2.45, 2.75) is 27.7 Å². The Balaban J connectivity index is 2.52. The second-order valence-corrected chi connectivity index (χ2v) is 5.18. The zero-order valence-electron chi connectivity index (χ0n) is 12.6. The van der Waals surface area contributed by atoms with Crippen LogP contribution in [-0.4, -0.2) is 10.9 Å². The van der Waals surface area contributed by atoms with E-state index in [1.54, 1.807) is 26.1 Å². The van der Waals surface area contributed by atoms with Crippen molar-refractivity contribution in [1.29, 1.82) is 5.26 Å². The first-order chi connectivity index (χ1) is 9.93. The summed E-state index contributed by atoms with van der Waals surface area (Å²) in [5.41, 5.74) is 4.37. The van der Waals surface area contributed by atoms with E-state index in [-0.39, 0.29) is 11.1 Å². The number of hydrogen-bond donors (Lipinski definition) is 0. The van der Waals surface area contributed by atoms with Crippen LogP contribution in [0.2, 0.25) is 0 Å². The van der Waals surface area contributed by atoms with Gasteiger partial charge in [-0.2, -0.15) is 10.4 Å². The summed E-state index contributed by atoms with van der Waals surface area (Å²) >= 11 is 0. The lowest BCUT2D eigenvalue weighted by Crippen LogP contribution is -2.22. The first-order valence-corrected chi connectivity index (χ1v) is 6.69. The number of nitriles is 1. The zero-order valence-corrected chi connectivity index (χ0v) is 12.6. The Labute approximate surface area is 124 Å². The quantitative estimate of drug-likeness (QED) is 0.794. The maximum atomic E-state index is 12.2. The fraction of sp³-hybridized carbons (Fsp3) is 0.235. The fourth-order valence-electron chi connectivity index (χ4n) is 2.25. The molecule has 0 amide bonds. The highest BCUT2D eigenvalue weighted by molar-refractivity contribution is 5.81. The van der Waals surface area contributed by atoms with Crippen LogP contribution >= 0.6 is 0 Å². The van der Waals surface area contributed by atoms with Crippen molar-refractivity contribution in [2.24, 2.45) is 5.10 Å². The number of nitrogens with zero attached hydrogens (tertiary/aromatic N) is 3. The standard InChI is InChI=1S/C17H17N3O/c1-11-5-6-15(12(2)7-11)10-19-20-14(4)8-13(3)16(9-18)17(20)21/h5-8,10H,1-4H3/b19-10-. The third kappa shape index (κ3) is 2.92. The minimum atomic E-state index is -0.379. The van der Waals surface area contributed by atoms with Crippen molar-refractivity contribution in [1.82, 2.24) is 4.68 Å². The highest BCUT2D eigenvalue weighted by atomic mass is 16.1. The molecule has 0 aliphatic heterocycles. The van der Waals surface area contributed by atoms with Gasteiger partial charge >= 0.3 is 0 Å². The minimum Gasteiger partial charge on any atom is -0.266 e. The summed E-state index contributed by atoms with van der Waals surface area (Å²) in [5, 5.41) is 13.3. The number of aromatic nitrogens is 1. The molecular formula is C17H17N3O. The third-order valence-corrected chi connectivity index (χ3v) is 3.41. The molecule has 0 atom stereocenters. The molecule has 0 radical (unpaired) electrons. The molecule has 106 valence electrons. The molecule has 4 nitrogen and oxygen atoms in total. The zero-order chi connectivity index (χ0) is 15.6. The van der Waals surface area contributed by atoms with E-state index in [0.717, 1.165) is 11.1 Å². The molecule has 1 aromatic carbocycles. The van der Waals surface area contributed by atoms with Crippen LogP contribution in [0.5, 0.6) is 0 Å². The van der Waals surface area contributed by atoms with E-state index in [1.807, 2.05) is 32.0 Å². The fourth-order valence-corrected chi connectivity index (χ4v) is 2.25.